The molecule has 2 aromatic rings. The van der Waals surface area contributed by atoms with Crippen molar-refractivity contribution in [3.63, 3.8) is 0 Å². The Morgan fingerprint density at radius 2 is 1.86 bits per heavy atom. The number of anilines is 1. The van der Waals surface area contributed by atoms with Crippen molar-refractivity contribution in [3.05, 3.63) is 53.0 Å². The molecular weight excluding hydrogens is 282 g/mol. The number of nitrogens with one attached hydrogen (secondary N) is 2. The fourth-order valence-corrected chi connectivity index (χ4v) is 2.12. The number of para-hydroxylation sites is 1. The molecule has 0 saturated heterocycles. The molecule has 6 nitrogen and oxygen atoms in total. The van der Waals surface area contributed by atoms with Gasteiger partial charge in [0.15, 0.2) is 0 Å². The Kier molecular flexibility index (Phi) is 4.95. The van der Waals surface area contributed by atoms with Gasteiger partial charge in [-0.3, -0.25) is 9.59 Å². The normalized spacial score (nSPS) is 10.3. The first-order valence-electron chi connectivity index (χ1n) is 6.98. The van der Waals surface area contributed by atoms with Crippen LogP contribution >= 0.6 is 0 Å². The second-order valence-corrected chi connectivity index (χ2v) is 4.87. The maximum Gasteiger partial charge on any atom is 0.259 e. The molecule has 4 N–H and O–H groups in total. The number of furan rings is 1. The van der Waals surface area contributed by atoms with Crippen LogP contribution in [0.1, 0.15) is 32.2 Å². The number of carbonyl (C=O) groups is 2. The quantitative estimate of drug-likeness (QED) is 0.785. The van der Waals surface area contributed by atoms with Crippen molar-refractivity contribution in [2.24, 2.45) is 5.73 Å². The zero-order chi connectivity index (χ0) is 16.1. The molecule has 6 heteroatoms. The predicted octanol–water partition coefficient (Wildman–Crippen LogP) is 1.84. The van der Waals surface area contributed by atoms with Crippen LogP contribution < -0.4 is 16.4 Å². The molecule has 0 radical (unpaired) electrons. The van der Waals surface area contributed by atoms with Gasteiger partial charge in [-0.25, -0.2) is 0 Å². The zero-order valence-electron chi connectivity index (χ0n) is 12.6. The minimum absolute atomic E-state index is 0.276. The summed E-state index contributed by atoms with van der Waals surface area (Å²) in [6.07, 6.45) is 0. The molecule has 0 aliphatic carbocycles. The fourth-order valence-electron chi connectivity index (χ4n) is 2.12. The number of hydrogen-bond donors (Lipinski definition) is 3. The van der Waals surface area contributed by atoms with Crippen LogP contribution in [0.3, 0.4) is 0 Å². The first-order chi connectivity index (χ1) is 10.5. The Hall–Kier alpha value is -2.60. The minimum Gasteiger partial charge on any atom is -0.466 e. The van der Waals surface area contributed by atoms with Crippen molar-refractivity contribution in [1.29, 1.82) is 0 Å². The topological polar surface area (TPSA) is 97.4 Å². The van der Waals surface area contributed by atoms with Gasteiger partial charge in [-0.2, -0.15) is 0 Å². The van der Waals surface area contributed by atoms with Crippen molar-refractivity contribution in [1.82, 2.24) is 5.32 Å². The standard InChI is InChI=1S/C16H19N3O3/c1-10-9-13(11(2)22-10)16(21)19-14-6-4-3-5-12(14)15(20)18-8-7-17/h3-6,9H,7-8,17H2,1-2H3,(H,18,20)(H,19,21). The van der Waals surface area contributed by atoms with Crippen LogP contribution in [0, 0.1) is 13.8 Å². The van der Waals surface area contributed by atoms with E-state index in [-0.39, 0.29) is 11.8 Å². The van der Waals surface area contributed by atoms with E-state index in [1.54, 1.807) is 44.2 Å². The van der Waals surface area contributed by atoms with Crippen LogP contribution in [0.4, 0.5) is 5.69 Å². The van der Waals surface area contributed by atoms with Gasteiger partial charge in [0.05, 0.1) is 16.8 Å². The third-order valence-corrected chi connectivity index (χ3v) is 3.14. The lowest BCUT2D eigenvalue weighted by atomic mass is 10.1. The Bertz CT molecular complexity index is 692. The number of amides is 2. The third-order valence-electron chi connectivity index (χ3n) is 3.14. The largest absolute Gasteiger partial charge is 0.466 e. The molecule has 0 bridgehead atoms. The summed E-state index contributed by atoms with van der Waals surface area (Å²) in [7, 11) is 0. The van der Waals surface area contributed by atoms with Gasteiger partial charge in [0.2, 0.25) is 0 Å². The van der Waals surface area contributed by atoms with E-state index in [1.165, 1.54) is 0 Å². The molecular formula is C16H19N3O3. The zero-order valence-corrected chi connectivity index (χ0v) is 12.6. The number of aryl methyl sites for hydroxylation is 2. The lowest BCUT2D eigenvalue weighted by Gasteiger charge is -2.10. The molecule has 0 atom stereocenters. The summed E-state index contributed by atoms with van der Waals surface area (Å²) < 4.78 is 5.35. The van der Waals surface area contributed by atoms with Gasteiger partial charge in [-0.15, -0.1) is 0 Å². The summed E-state index contributed by atoms with van der Waals surface area (Å²) in [6, 6.07) is 8.48. The number of benzene rings is 1. The van der Waals surface area contributed by atoms with E-state index >= 15 is 0 Å². The van der Waals surface area contributed by atoms with E-state index in [9.17, 15) is 9.59 Å². The summed E-state index contributed by atoms with van der Waals surface area (Å²) >= 11 is 0. The minimum atomic E-state index is -0.312. The summed E-state index contributed by atoms with van der Waals surface area (Å²) in [5.41, 5.74) is 6.66. The first kappa shape index (κ1) is 15.8. The van der Waals surface area contributed by atoms with E-state index < -0.39 is 0 Å². The lowest BCUT2D eigenvalue weighted by molar-refractivity contribution is 0.0955. The number of nitrogens with two attached hydrogens (primary N) is 1. The van der Waals surface area contributed by atoms with Crippen molar-refractivity contribution in [2.45, 2.75) is 13.8 Å². The molecule has 1 heterocycles. The van der Waals surface area contributed by atoms with Crippen molar-refractivity contribution < 1.29 is 14.0 Å². The van der Waals surface area contributed by atoms with Crippen LogP contribution in [-0.4, -0.2) is 24.9 Å². The summed E-state index contributed by atoms with van der Waals surface area (Å²) in [6.45, 7) is 4.23. The Morgan fingerprint density at radius 1 is 1.14 bits per heavy atom. The third kappa shape index (κ3) is 3.53. The average molecular weight is 301 g/mol. The molecule has 0 fully saturated rings. The first-order valence-corrected chi connectivity index (χ1v) is 6.98. The van der Waals surface area contributed by atoms with Gasteiger partial charge in [0.25, 0.3) is 11.8 Å². The van der Waals surface area contributed by atoms with Gasteiger partial charge < -0.3 is 20.8 Å². The Morgan fingerprint density at radius 3 is 2.50 bits per heavy atom. The smallest absolute Gasteiger partial charge is 0.259 e. The van der Waals surface area contributed by atoms with E-state index in [2.05, 4.69) is 10.6 Å². The van der Waals surface area contributed by atoms with Gasteiger partial charge in [0, 0.05) is 13.1 Å². The number of carbonyl (C=O) groups excluding carboxylic acids is 2. The molecule has 22 heavy (non-hydrogen) atoms. The number of hydrogen-bond acceptors (Lipinski definition) is 4. The van der Waals surface area contributed by atoms with Gasteiger partial charge >= 0.3 is 0 Å². The van der Waals surface area contributed by atoms with Crippen LogP contribution in [-0.2, 0) is 0 Å². The number of rotatable bonds is 5. The van der Waals surface area contributed by atoms with Crippen molar-refractivity contribution >= 4 is 17.5 Å². The van der Waals surface area contributed by atoms with E-state index in [0.29, 0.717) is 41.4 Å². The molecule has 116 valence electrons. The van der Waals surface area contributed by atoms with Crippen LogP contribution in [0.2, 0.25) is 0 Å². The predicted molar refractivity (Wildman–Crippen MR) is 84.0 cm³/mol. The highest BCUT2D eigenvalue weighted by atomic mass is 16.3. The van der Waals surface area contributed by atoms with Gasteiger partial charge in [-0.1, -0.05) is 12.1 Å². The van der Waals surface area contributed by atoms with Crippen LogP contribution in [0.25, 0.3) is 0 Å². The molecule has 0 spiro atoms. The Labute approximate surface area is 128 Å². The maximum absolute atomic E-state index is 12.3. The molecule has 2 amide bonds. The molecule has 0 unspecified atom stereocenters. The highest BCUT2D eigenvalue weighted by Crippen LogP contribution is 2.19. The maximum atomic E-state index is 12.3. The second kappa shape index (κ2) is 6.91. The summed E-state index contributed by atoms with van der Waals surface area (Å²) in [5.74, 6) is 0.617. The monoisotopic (exact) mass is 301 g/mol. The molecule has 0 aliphatic rings. The summed E-state index contributed by atoms with van der Waals surface area (Å²) in [4.78, 5) is 24.4. The van der Waals surface area contributed by atoms with Crippen LogP contribution in [0.15, 0.2) is 34.7 Å². The molecule has 0 saturated carbocycles. The lowest BCUT2D eigenvalue weighted by Crippen LogP contribution is -2.30. The average Bonchev–Trinajstić information content (AvgIpc) is 2.84. The summed E-state index contributed by atoms with van der Waals surface area (Å²) in [5, 5.41) is 5.43. The van der Waals surface area contributed by atoms with Crippen molar-refractivity contribution in [2.75, 3.05) is 18.4 Å². The van der Waals surface area contributed by atoms with Crippen molar-refractivity contribution in [3.8, 4) is 0 Å². The molecule has 1 aromatic carbocycles. The highest BCUT2D eigenvalue weighted by molar-refractivity contribution is 6.09. The molecule has 2 rings (SSSR count). The van der Waals surface area contributed by atoms with Crippen LogP contribution in [0.5, 0.6) is 0 Å². The SMILES string of the molecule is Cc1cc(C(=O)Nc2ccccc2C(=O)NCCN)c(C)o1. The Balaban J connectivity index is 2.21. The molecule has 0 aliphatic heterocycles. The highest BCUT2D eigenvalue weighted by Gasteiger charge is 2.17. The van der Waals surface area contributed by atoms with E-state index in [1.807, 2.05) is 0 Å². The second-order valence-electron chi connectivity index (χ2n) is 4.87. The van der Waals surface area contributed by atoms with E-state index in [4.69, 9.17) is 10.2 Å². The van der Waals surface area contributed by atoms with E-state index in [0.717, 1.165) is 0 Å². The van der Waals surface area contributed by atoms with Gasteiger partial charge in [0.1, 0.15) is 11.5 Å². The molecule has 1 aromatic heterocycles. The van der Waals surface area contributed by atoms with Gasteiger partial charge in [-0.05, 0) is 32.0 Å². The fraction of sp³-hybridized carbons (Fsp3) is 0.250.